The van der Waals surface area contributed by atoms with Crippen LogP contribution in [0.3, 0.4) is 0 Å². The molecule has 0 amide bonds. The van der Waals surface area contributed by atoms with E-state index in [4.69, 9.17) is 10.5 Å². The second kappa shape index (κ2) is 6.80. The Morgan fingerprint density at radius 3 is 2.81 bits per heavy atom. The van der Waals surface area contributed by atoms with Gasteiger partial charge in [-0.2, -0.15) is 0 Å². The molecule has 0 aliphatic rings. The number of nitrogens with two attached hydrogens (primary N) is 1. The first-order chi connectivity index (χ1) is 10.1. The van der Waals surface area contributed by atoms with Crippen molar-refractivity contribution >= 4 is 17.0 Å². The SMILES string of the molecule is CCOc1cccc2c1nc(N)n2CCN(C)C(C)CC. The highest BCUT2D eigenvalue weighted by Gasteiger charge is 2.13. The maximum atomic E-state index is 6.09. The van der Waals surface area contributed by atoms with Crippen LogP contribution >= 0.6 is 0 Å². The number of imidazole rings is 1. The molecule has 1 unspecified atom stereocenters. The molecule has 1 heterocycles. The van der Waals surface area contributed by atoms with Gasteiger partial charge in [-0.1, -0.05) is 13.0 Å². The average molecular weight is 290 g/mol. The summed E-state index contributed by atoms with van der Waals surface area (Å²) < 4.78 is 7.69. The molecular formula is C16H26N4O. The van der Waals surface area contributed by atoms with Crippen LogP contribution in [0.2, 0.25) is 0 Å². The number of ether oxygens (including phenoxy) is 1. The van der Waals surface area contributed by atoms with Crippen molar-refractivity contribution in [1.82, 2.24) is 14.5 Å². The van der Waals surface area contributed by atoms with Gasteiger partial charge in [-0.3, -0.25) is 0 Å². The number of anilines is 1. The van der Waals surface area contributed by atoms with Crippen LogP contribution in [0.5, 0.6) is 5.75 Å². The summed E-state index contributed by atoms with van der Waals surface area (Å²) in [5, 5.41) is 0. The van der Waals surface area contributed by atoms with Gasteiger partial charge < -0.3 is 19.9 Å². The molecule has 0 saturated carbocycles. The van der Waals surface area contributed by atoms with Crippen molar-refractivity contribution in [3.63, 3.8) is 0 Å². The zero-order chi connectivity index (χ0) is 15.4. The molecule has 1 aromatic carbocycles. The minimum atomic E-state index is 0.551. The number of aromatic nitrogens is 2. The lowest BCUT2D eigenvalue weighted by Gasteiger charge is -2.23. The van der Waals surface area contributed by atoms with E-state index in [1.54, 1.807) is 0 Å². The van der Waals surface area contributed by atoms with Gasteiger partial charge in [-0.15, -0.1) is 0 Å². The van der Waals surface area contributed by atoms with Crippen LogP contribution in [0, 0.1) is 0 Å². The Morgan fingerprint density at radius 1 is 1.38 bits per heavy atom. The van der Waals surface area contributed by atoms with Gasteiger partial charge >= 0.3 is 0 Å². The van der Waals surface area contributed by atoms with E-state index in [1.807, 2.05) is 25.1 Å². The summed E-state index contributed by atoms with van der Waals surface area (Å²) in [6, 6.07) is 6.54. The molecule has 0 aliphatic carbocycles. The minimum Gasteiger partial charge on any atom is -0.492 e. The predicted octanol–water partition coefficient (Wildman–Crippen LogP) is 2.75. The second-order valence-corrected chi connectivity index (χ2v) is 5.42. The standard InChI is InChI=1S/C16H26N4O/c1-5-12(3)19(4)10-11-20-13-8-7-9-14(21-6-2)15(13)18-16(20)17/h7-9,12H,5-6,10-11H2,1-4H3,(H2,17,18). The predicted molar refractivity (Wildman–Crippen MR) is 87.7 cm³/mol. The Hall–Kier alpha value is -1.75. The van der Waals surface area contributed by atoms with Crippen LogP contribution in [0.1, 0.15) is 27.2 Å². The number of hydrogen-bond donors (Lipinski definition) is 1. The molecule has 5 nitrogen and oxygen atoms in total. The fourth-order valence-electron chi connectivity index (χ4n) is 2.44. The first-order valence-corrected chi connectivity index (χ1v) is 7.66. The fraction of sp³-hybridized carbons (Fsp3) is 0.562. The molecule has 0 saturated heterocycles. The Morgan fingerprint density at radius 2 is 2.14 bits per heavy atom. The van der Waals surface area contributed by atoms with Crippen LogP contribution in [-0.4, -0.2) is 40.7 Å². The molecule has 2 aromatic rings. The molecule has 0 radical (unpaired) electrons. The quantitative estimate of drug-likeness (QED) is 0.852. The van der Waals surface area contributed by atoms with E-state index in [0.717, 1.165) is 36.3 Å². The highest BCUT2D eigenvalue weighted by molar-refractivity contribution is 5.84. The molecular weight excluding hydrogens is 264 g/mol. The first kappa shape index (κ1) is 15.6. The third-order valence-corrected chi connectivity index (χ3v) is 4.09. The molecule has 0 aliphatic heterocycles. The van der Waals surface area contributed by atoms with Crippen molar-refractivity contribution in [3.05, 3.63) is 18.2 Å². The van der Waals surface area contributed by atoms with Crippen molar-refractivity contribution in [2.75, 3.05) is 25.9 Å². The van der Waals surface area contributed by atoms with Crippen molar-refractivity contribution in [3.8, 4) is 5.75 Å². The molecule has 5 heteroatoms. The fourth-order valence-corrected chi connectivity index (χ4v) is 2.44. The Labute approximate surface area is 126 Å². The third kappa shape index (κ3) is 3.29. The van der Waals surface area contributed by atoms with E-state index < -0.39 is 0 Å². The van der Waals surface area contributed by atoms with Crippen molar-refractivity contribution < 1.29 is 4.74 Å². The van der Waals surface area contributed by atoms with Crippen LogP contribution < -0.4 is 10.5 Å². The molecule has 21 heavy (non-hydrogen) atoms. The number of rotatable bonds is 7. The molecule has 116 valence electrons. The van der Waals surface area contributed by atoms with E-state index in [-0.39, 0.29) is 0 Å². The third-order valence-electron chi connectivity index (χ3n) is 4.09. The number of nitrogen functional groups attached to an aromatic ring is 1. The summed E-state index contributed by atoms with van der Waals surface area (Å²) in [6.45, 7) is 8.82. The highest BCUT2D eigenvalue weighted by atomic mass is 16.5. The van der Waals surface area contributed by atoms with Gasteiger partial charge in [-0.25, -0.2) is 4.98 Å². The van der Waals surface area contributed by atoms with Crippen molar-refractivity contribution in [1.29, 1.82) is 0 Å². The topological polar surface area (TPSA) is 56.3 Å². The van der Waals surface area contributed by atoms with Gasteiger partial charge in [0.1, 0.15) is 11.3 Å². The molecule has 1 atom stereocenters. The molecule has 1 aromatic heterocycles. The van der Waals surface area contributed by atoms with Gasteiger partial charge in [0, 0.05) is 19.1 Å². The Bertz CT molecular complexity index is 593. The lowest BCUT2D eigenvalue weighted by Crippen LogP contribution is -2.31. The molecule has 0 spiro atoms. The monoisotopic (exact) mass is 290 g/mol. The summed E-state index contributed by atoms with van der Waals surface area (Å²) >= 11 is 0. The summed E-state index contributed by atoms with van der Waals surface area (Å²) in [6.07, 6.45) is 1.14. The number of fused-ring (bicyclic) bond motifs is 1. The molecule has 0 fully saturated rings. The minimum absolute atomic E-state index is 0.551. The van der Waals surface area contributed by atoms with Gasteiger partial charge in [0.05, 0.1) is 12.1 Å². The zero-order valence-electron chi connectivity index (χ0n) is 13.5. The normalized spacial score (nSPS) is 13.0. The summed E-state index contributed by atoms with van der Waals surface area (Å²) in [4.78, 5) is 6.82. The molecule has 2 N–H and O–H groups in total. The van der Waals surface area contributed by atoms with Crippen molar-refractivity contribution in [2.24, 2.45) is 0 Å². The highest BCUT2D eigenvalue weighted by Crippen LogP contribution is 2.27. The van der Waals surface area contributed by atoms with Gasteiger partial charge in [-0.05, 0) is 39.4 Å². The summed E-state index contributed by atoms with van der Waals surface area (Å²) in [5.41, 5.74) is 7.98. The number of likely N-dealkylation sites (N-methyl/N-ethyl adjacent to an activating group) is 1. The maximum Gasteiger partial charge on any atom is 0.201 e. The molecule has 0 bridgehead atoms. The van der Waals surface area contributed by atoms with E-state index in [1.165, 1.54) is 0 Å². The lowest BCUT2D eigenvalue weighted by atomic mass is 10.2. The number of nitrogens with zero attached hydrogens (tertiary/aromatic N) is 3. The number of benzene rings is 1. The first-order valence-electron chi connectivity index (χ1n) is 7.66. The van der Waals surface area contributed by atoms with Gasteiger partial charge in [0.15, 0.2) is 0 Å². The van der Waals surface area contributed by atoms with E-state index in [9.17, 15) is 0 Å². The van der Waals surface area contributed by atoms with Crippen LogP contribution in [0.25, 0.3) is 11.0 Å². The van der Waals surface area contributed by atoms with Crippen LogP contribution in [-0.2, 0) is 6.54 Å². The maximum absolute atomic E-state index is 6.09. The van der Waals surface area contributed by atoms with E-state index in [2.05, 4.69) is 35.3 Å². The number of para-hydroxylation sites is 1. The van der Waals surface area contributed by atoms with Gasteiger partial charge in [0.2, 0.25) is 5.95 Å². The van der Waals surface area contributed by atoms with Gasteiger partial charge in [0.25, 0.3) is 0 Å². The number of hydrogen-bond acceptors (Lipinski definition) is 4. The van der Waals surface area contributed by atoms with Crippen LogP contribution in [0.4, 0.5) is 5.95 Å². The van der Waals surface area contributed by atoms with E-state index in [0.29, 0.717) is 18.6 Å². The summed E-state index contributed by atoms with van der Waals surface area (Å²) in [5.74, 6) is 1.35. The lowest BCUT2D eigenvalue weighted by molar-refractivity contribution is 0.244. The second-order valence-electron chi connectivity index (χ2n) is 5.42. The zero-order valence-corrected chi connectivity index (χ0v) is 13.5. The van der Waals surface area contributed by atoms with Crippen molar-refractivity contribution in [2.45, 2.75) is 39.8 Å². The largest absolute Gasteiger partial charge is 0.492 e. The Kier molecular flexibility index (Phi) is 5.07. The average Bonchev–Trinajstić information content (AvgIpc) is 2.81. The summed E-state index contributed by atoms with van der Waals surface area (Å²) in [7, 11) is 2.15. The smallest absolute Gasteiger partial charge is 0.201 e. The van der Waals surface area contributed by atoms with E-state index >= 15 is 0 Å². The van der Waals surface area contributed by atoms with Crippen LogP contribution in [0.15, 0.2) is 18.2 Å². The molecule has 2 rings (SSSR count). The Balaban J connectivity index is 2.24.